The first-order valence-electron chi connectivity index (χ1n) is 11.4. The molecule has 1 aliphatic heterocycles. The number of ether oxygens (including phenoxy) is 2. The lowest BCUT2D eigenvalue weighted by Gasteiger charge is -2.24. The Labute approximate surface area is 221 Å². The first kappa shape index (κ1) is 26.2. The van der Waals surface area contributed by atoms with E-state index in [9.17, 15) is 19.5 Å². The fourth-order valence-electron chi connectivity index (χ4n) is 4.00. The number of aliphatic hydroxyl groups is 1. The van der Waals surface area contributed by atoms with Crippen molar-refractivity contribution in [2.45, 2.75) is 33.7 Å². The van der Waals surface area contributed by atoms with Crippen LogP contribution in [0.15, 0.2) is 48.3 Å². The van der Waals surface area contributed by atoms with Gasteiger partial charge in [0.05, 0.1) is 39.5 Å². The summed E-state index contributed by atoms with van der Waals surface area (Å²) in [5.74, 6) is -1.93. The molecule has 0 saturated heterocycles. The monoisotopic (exact) mass is 539 g/mol. The van der Waals surface area contributed by atoms with Crippen molar-refractivity contribution in [3.05, 3.63) is 80.0 Å². The average Bonchev–Trinajstić information content (AvgIpc) is 3.50. The van der Waals surface area contributed by atoms with Gasteiger partial charge in [0.1, 0.15) is 17.2 Å². The summed E-state index contributed by atoms with van der Waals surface area (Å²) in [5, 5.41) is 11.8. The summed E-state index contributed by atoms with van der Waals surface area (Å²) < 4.78 is 10.7. The van der Waals surface area contributed by atoms with Crippen LogP contribution in [-0.2, 0) is 9.53 Å². The number of aryl methyl sites for hydroxylation is 3. The van der Waals surface area contributed by atoms with Crippen LogP contribution in [0.4, 0.5) is 5.13 Å². The van der Waals surface area contributed by atoms with Crippen molar-refractivity contribution >= 4 is 45.5 Å². The molecule has 0 bridgehead atoms. The van der Waals surface area contributed by atoms with Crippen LogP contribution in [0.25, 0.3) is 0 Å². The Morgan fingerprint density at radius 2 is 1.78 bits per heavy atom. The van der Waals surface area contributed by atoms with E-state index < -0.39 is 29.5 Å². The second-order valence-corrected chi connectivity index (χ2v) is 10.3. The van der Waals surface area contributed by atoms with Crippen LogP contribution in [0.1, 0.15) is 54.3 Å². The van der Waals surface area contributed by atoms with E-state index in [0.717, 1.165) is 11.3 Å². The molecule has 1 N–H and O–H groups in total. The van der Waals surface area contributed by atoms with Gasteiger partial charge in [-0.05, 0) is 45.4 Å². The highest BCUT2D eigenvalue weighted by atomic mass is 32.1. The minimum atomic E-state index is -0.986. The Bertz CT molecular complexity index is 1420. The van der Waals surface area contributed by atoms with Gasteiger partial charge in [0.15, 0.2) is 10.9 Å². The third-order valence-corrected chi connectivity index (χ3v) is 7.79. The molecular formula is C26H25N3O6S2. The maximum Gasteiger partial charge on any atom is 0.350 e. The van der Waals surface area contributed by atoms with Crippen molar-refractivity contribution < 1.29 is 29.0 Å². The number of carbonyl (C=O) groups is 3. The molecule has 3 heterocycles. The van der Waals surface area contributed by atoms with Gasteiger partial charge >= 0.3 is 5.97 Å². The average molecular weight is 540 g/mol. The standard InChI is InChI=1S/C26H25N3O6S2/c1-6-12-35-25(33)23-14(4)28-26(37-23)29-19(16-8-10-17(11-9-16)34-7-2)18(21(31)24(29)32)20(30)22-13(3)27-15(5)36-22/h6,8-11,19,31H,1,7,12H2,2-5H3. The largest absolute Gasteiger partial charge is 0.503 e. The van der Waals surface area contributed by atoms with E-state index in [2.05, 4.69) is 16.5 Å². The molecule has 1 unspecified atom stereocenters. The molecule has 0 saturated carbocycles. The summed E-state index contributed by atoms with van der Waals surface area (Å²) in [6.07, 6.45) is 1.45. The lowest BCUT2D eigenvalue weighted by Crippen LogP contribution is -2.31. The third-order valence-electron chi connectivity index (χ3n) is 5.58. The van der Waals surface area contributed by atoms with Gasteiger partial charge in [-0.1, -0.05) is 36.1 Å². The smallest absolute Gasteiger partial charge is 0.350 e. The number of carbonyl (C=O) groups excluding carboxylic acids is 3. The predicted octanol–water partition coefficient (Wildman–Crippen LogP) is 5.05. The number of anilines is 1. The maximum atomic E-state index is 13.7. The predicted molar refractivity (Wildman–Crippen MR) is 141 cm³/mol. The minimum Gasteiger partial charge on any atom is -0.503 e. The Balaban J connectivity index is 1.83. The number of nitrogens with zero attached hydrogens (tertiary/aromatic N) is 3. The first-order chi connectivity index (χ1) is 17.7. The molecule has 192 valence electrons. The van der Waals surface area contributed by atoms with Crippen LogP contribution in [0.5, 0.6) is 5.75 Å². The Morgan fingerprint density at radius 1 is 1.11 bits per heavy atom. The first-order valence-corrected chi connectivity index (χ1v) is 13.0. The van der Waals surface area contributed by atoms with Crippen LogP contribution < -0.4 is 9.64 Å². The van der Waals surface area contributed by atoms with Crippen molar-refractivity contribution in [1.29, 1.82) is 0 Å². The molecule has 3 aromatic rings. The minimum absolute atomic E-state index is 0.0254. The highest BCUT2D eigenvalue weighted by Crippen LogP contribution is 2.44. The molecular weight excluding hydrogens is 514 g/mol. The van der Waals surface area contributed by atoms with Gasteiger partial charge in [-0.15, -0.1) is 11.3 Å². The number of ketones is 1. The van der Waals surface area contributed by atoms with Crippen molar-refractivity contribution in [2.75, 3.05) is 18.1 Å². The zero-order chi connectivity index (χ0) is 26.9. The van der Waals surface area contributed by atoms with E-state index in [1.807, 2.05) is 6.92 Å². The number of Topliss-reactive ketones (excluding diaryl/α,β-unsaturated/α-hetero) is 1. The molecule has 1 aromatic carbocycles. The SMILES string of the molecule is C=CCOC(=O)c1sc(N2C(=O)C(O)=C(C(=O)c3sc(C)nc3C)C2c2ccc(OCC)cc2)nc1C. The molecule has 11 heteroatoms. The third kappa shape index (κ3) is 4.92. The van der Waals surface area contributed by atoms with Crippen molar-refractivity contribution in [3.8, 4) is 5.75 Å². The number of aliphatic hydroxyl groups excluding tert-OH is 1. The number of hydrogen-bond donors (Lipinski definition) is 1. The van der Waals surface area contributed by atoms with E-state index in [1.54, 1.807) is 45.0 Å². The summed E-state index contributed by atoms with van der Waals surface area (Å²) in [7, 11) is 0. The second kappa shape index (κ2) is 10.7. The summed E-state index contributed by atoms with van der Waals surface area (Å²) >= 11 is 2.15. The topological polar surface area (TPSA) is 119 Å². The maximum absolute atomic E-state index is 13.7. The molecule has 0 aliphatic carbocycles. The zero-order valence-electron chi connectivity index (χ0n) is 20.7. The number of esters is 1. The molecule has 9 nitrogen and oxygen atoms in total. The van der Waals surface area contributed by atoms with Crippen LogP contribution in [-0.4, -0.2) is 45.9 Å². The van der Waals surface area contributed by atoms with E-state index in [-0.39, 0.29) is 22.2 Å². The Hall–Kier alpha value is -3.83. The normalized spacial score (nSPS) is 15.3. The van der Waals surface area contributed by atoms with Crippen LogP contribution in [0.2, 0.25) is 0 Å². The van der Waals surface area contributed by atoms with E-state index in [4.69, 9.17) is 9.47 Å². The van der Waals surface area contributed by atoms with Crippen molar-refractivity contribution in [1.82, 2.24) is 9.97 Å². The van der Waals surface area contributed by atoms with Gasteiger partial charge in [-0.2, -0.15) is 0 Å². The van der Waals surface area contributed by atoms with E-state index in [0.29, 0.717) is 39.2 Å². The lowest BCUT2D eigenvalue weighted by atomic mass is 9.95. The quantitative estimate of drug-likeness (QED) is 0.228. The second-order valence-electron chi connectivity index (χ2n) is 8.12. The number of rotatable bonds is 9. The summed E-state index contributed by atoms with van der Waals surface area (Å²) in [6, 6.07) is 5.93. The van der Waals surface area contributed by atoms with Crippen LogP contribution in [0.3, 0.4) is 0 Å². The summed E-state index contributed by atoms with van der Waals surface area (Å²) in [4.78, 5) is 50.2. The number of thiazole rings is 2. The molecule has 1 amide bonds. The van der Waals surface area contributed by atoms with Crippen molar-refractivity contribution in [3.63, 3.8) is 0 Å². The Morgan fingerprint density at radius 3 is 2.38 bits per heavy atom. The highest BCUT2D eigenvalue weighted by Gasteiger charge is 2.46. The number of benzene rings is 1. The molecule has 0 fully saturated rings. The van der Waals surface area contributed by atoms with Gasteiger partial charge in [-0.25, -0.2) is 14.8 Å². The molecule has 0 radical (unpaired) electrons. The van der Waals surface area contributed by atoms with E-state index in [1.165, 1.54) is 22.3 Å². The van der Waals surface area contributed by atoms with Gasteiger partial charge in [-0.3, -0.25) is 14.5 Å². The number of amides is 1. The zero-order valence-corrected chi connectivity index (χ0v) is 22.4. The van der Waals surface area contributed by atoms with Crippen molar-refractivity contribution in [2.24, 2.45) is 0 Å². The van der Waals surface area contributed by atoms with Gasteiger partial charge in [0.25, 0.3) is 5.91 Å². The molecule has 1 atom stereocenters. The number of aromatic nitrogens is 2. The Kier molecular flexibility index (Phi) is 7.55. The highest BCUT2D eigenvalue weighted by molar-refractivity contribution is 7.17. The summed E-state index contributed by atoms with van der Waals surface area (Å²) in [5.41, 5.74) is 1.36. The van der Waals surface area contributed by atoms with E-state index >= 15 is 0 Å². The molecule has 4 rings (SSSR count). The molecule has 1 aliphatic rings. The van der Waals surface area contributed by atoms with Gasteiger partial charge in [0.2, 0.25) is 5.78 Å². The lowest BCUT2D eigenvalue weighted by molar-refractivity contribution is -0.117. The molecule has 37 heavy (non-hydrogen) atoms. The summed E-state index contributed by atoms with van der Waals surface area (Å²) in [6.45, 7) is 11.0. The molecule has 0 spiro atoms. The van der Waals surface area contributed by atoms with Crippen LogP contribution in [0, 0.1) is 20.8 Å². The fourth-order valence-corrected chi connectivity index (χ4v) is 5.86. The molecule has 2 aromatic heterocycles. The van der Waals surface area contributed by atoms with Crippen LogP contribution >= 0.6 is 22.7 Å². The fraction of sp³-hybridized carbons (Fsp3) is 0.269. The number of hydrogen-bond acceptors (Lipinski definition) is 10. The van der Waals surface area contributed by atoms with Gasteiger partial charge < -0.3 is 14.6 Å². The van der Waals surface area contributed by atoms with Gasteiger partial charge in [0, 0.05) is 0 Å².